The topological polar surface area (TPSA) is 75.4 Å². The van der Waals surface area contributed by atoms with Gasteiger partial charge in [-0.1, -0.05) is 19.1 Å². The average molecular weight is 355 g/mol. The molecule has 3 rings (SSSR count). The van der Waals surface area contributed by atoms with Gasteiger partial charge in [0.25, 0.3) is 5.91 Å². The summed E-state index contributed by atoms with van der Waals surface area (Å²) >= 11 is 0. The number of hydrogen-bond donors (Lipinski definition) is 1. The van der Waals surface area contributed by atoms with Gasteiger partial charge in [-0.05, 0) is 50.5 Å². The van der Waals surface area contributed by atoms with Gasteiger partial charge in [0.1, 0.15) is 0 Å². The van der Waals surface area contributed by atoms with Crippen LogP contribution in [-0.2, 0) is 11.3 Å². The lowest BCUT2D eigenvalue weighted by Crippen LogP contribution is -2.38. The van der Waals surface area contributed by atoms with E-state index in [0.29, 0.717) is 12.1 Å². The van der Waals surface area contributed by atoms with E-state index in [4.69, 9.17) is 5.11 Å². The van der Waals surface area contributed by atoms with E-state index < -0.39 is 11.9 Å². The lowest BCUT2D eigenvalue weighted by atomic mass is 10.1. The normalized spacial score (nSPS) is 14.9. The van der Waals surface area contributed by atoms with Gasteiger partial charge >= 0.3 is 5.97 Å². The van der Waals surface area contributed by atoms with Crippen LogP contribution in [0.15, 0.2) is 30.3 Å². The molecule has 1 aliphatic rings. The van der Waals surface area contributed by atoms with Gasteiger partial charge in [0.05, 0.1) is 18.2 Å². The largest absolute Gasteiger partial charge is 0.481 e. The molecule has 1 heterocycles. The average Bonchev–Trinajstić information content (AvgIpc) is 3.38. The third-order valence-corrected chi connectivity index (χ3v) is 4.78. The SMILES string of the molecule is Cc1cc(C)n(Cc2ccc(C(=O)N(C[C@H](C)C(=O)O)C3CC3)cc2)n1. The number of rotatable bonds is 7. The maximum absolute atomic E-state index is 12.8. The first kappa shape index (κ1) is 18.2. The van der Waals surface area contributed by atoms with Crippen LogP contribution in [0.2, 0.25) is 0 Å². The highest BCUT2D eigenvalue weighted by molar-refractivity contribution is 5.95. The maximum Gasteiger partial charge on any atom is 0.308 e. The summed E-state index contributed by atoms with van der Waals surface area (Å²) in [5.74, 6) is -1.52. The Balaban J connectivity index is 1.71. The van der Waals surface area contributed by atoms with Crippen LogP contribution in [0.25, 0.3) is 0 Å². The van der Waals surface area contributed by atoms with Gasteiger partial charge in [0, 0.05) is 23.8 Å². The van der Waals surface area contributed by atoms with E-state index in [1.807, 2.05) is 48.9 Å². The third kappa shape index (κ3) is 4.12. The van der Waals surface area contributed by atoms with Crippen molar-refractivity contribution in [3.63, 3.8) is 0 Å². The molecule has 0 spiro atoms. The molecule has 0 bridgehead atoms. The van der Waals surface area contributed by atoms with E-state index in [9.17, 15) is 9.59 Å². The first-order chi connectivity index (χ1) is 12.3. The molecule has 1 atom stereocenters. The summed E-state index contributed by atoms with van der Waals surface area (Å²) < 4.78 is 1.94. The molecular formula is C20H25N3O3. The second-order valence-electron chi connectivity index (χ2n) is 7.21. The first-order valence-corrected chi connectivity index (χ1v) is 8.99. The van der Waals surface area contributed by atoms with E-state index in [0.717, 1.165) is 29.8 Å². The minimum Gasteiger partial charge on any atom is -0.481 e. The Bertz CT molecular complexity index is 806. The van der Waals surface area contributed by atoms with Crippen molar-refractivity contribution in [3.05, 3.63) is 52.8 Å². The molecule has 6 nitrogen and oxygen atoms in total. The summed E-state index contributed by atoms with van der Waals surface area (Å²) in [6, 6.07) is 9.74. The number of carboxylic acids is 1. The Labute approximate surface area is 153 Å². The molecule has 1 amide bonds. The lowest BCUT2D eigenvalue weighted by Gasteiger charge is -2.24. The summed E-state index contributed by atoms with van der Waals surface area (Å²) in [6.45, 7) is 6.55. The van der Waals surface area contributed by atoms with E-state index >= 15 is 0 Å². The van der Waals surface area contributed by atoms with Gasteiger partial charge in [-0.3, -0.25) is 14.3 Å². The number of amides is 1. The van der Waals surface area contributed by atoms with E-state index in [2.05, 4.69) is 5.10 Å². The van der Waals surface area contributed by atoms with Crippen molar-refractivity contribution in [2.75, 3.05) is 6.54 Å². The highest BCUT2D eigenvalue weighted by Crippen LogP contribution is 2.29. The minimum absolute atomic E-state index is 0.0849. The van der Waals surface area contributed by atoms with Gasteiger partial charge in [0.15, 0.2) is 0 Å². The third-order valence-electron chi connectivity index (χ3n) is 4.78. The summed E-state index contributed by atoms with van der Waals surface area (Å²) in [4.78, 5) is 25.7. The van der Waals surface area contributed by atoms with Crippen LogP contribution in [0.5, 0.6) is 0 Å². The van der Waals surface area contributed by atoms with Gasteiger partial charge in [-0.15, -0.1) is 0 Å². The Kier molecular flexibility index (Phi) is 5.11. The molecule has 1 N–H and O–H groups in total. The zero-order chi connectivity index (χ0) is 18.8. The van der Waals surface area contributed by atoms with Gasteiger partial charge in [-0.2, -0.15) is 5.10 Å². The van der Waals surface area contributed by atoms with E-state index in [1.54, 1.807) is 11.8 Å². The molecular weight excluding hydrogens is 330 g/mol. The predicted molar refractivity (Wildman–Crippen MR) is 98.1 cm³/mol. The Hall–Kier alpha value is -2.63. The summed E-state index contributed by atoms with van der Waals surface area (Å²) in [5.41, 5.74) is 3.77. The smallest absolute Gasteiger partial charge is 0.308 e. The number of benzene rings is 1. The van der Waals surface area contributed by atoms with Crippen LogP contribution in [0.4, 0.5) is 0 Å². The number of carbonyl (C=O) groups excluding carboxylic acids is 1. The molecule has 138 valence electrons. The summed E-state index contributed by atoms with van der Waals surface area (Å²) in [7, 11) is 0. The highest BCUT2D eigenvalue weighted by atomic mass is 16.4. The van der Waals surface area contributed by atoms with E-state index in [-0.39, 0.29) is 18.5 Å². The zero-order valence-corrected chi connectivity index (χ0v) is 15.5. The number of hydrogen-bond acceptors (Lipinski definition) is 3. The molecule has 0 aliphatic heterocycles. The number of aromatic nitrogens is 2. The van der Waals surface area contributed by atoms with Gasteiger partial charge in [0.2, 0.25) is 0 Å². The van der Waals surface area contributed by atoms with E-state index in [1.165, 1.54) is 0 Å². The molecule has 1 aliphatic carbocycles. The number of nitrogens with zero attached hydrogens (tertiary/aromatic N) is 3. The Morgan fingerprint density at radius 3 is 2.42 bits per heavy atom. The van der Waals surface area contributed by atoms with Gasteiger partial charge in [-0.25, -0.2) is 0 Å². The van der Waals surface area contributed by atoms with Gasteiger partial charge < -0.3 is 10.0 Å². The van der Waals surface area contributed by atoms with Crippen molar-refractivity contribution in [2.45, 2.75) is 46.2 Å². The van der Waals surface area contributed by atoms with Crippen molar-refractivity contribution in [3.8, 4) is 0 Å². The molecule has 1 fully saturated rings. The quantitative estimate of drug-likeness (QED) is 0.829. The minimum atomic E-state index is -0.872. The molecule has 0 saturated heterocycles. The fourth-order valence-corrected chi connectivity index (χ4v) is 3.08. The number of carbonyl (C=O) groups is 2. The second-order valence-corrected chi connectivity index (χ2v) is 7.21. The lowest BCUT2D eigenvalue weighted by molar-refractivity contribution is -0.141. The highest BCUT2D eigenvalue weighted by Gasteiger charge is 2.34. The number of aryl methyl sites for hydroxylation is 2. The Morgan fingerprint density at radius 1 is 1.27 bits per heavy atom. The molecule has 26 heavy (non-hydrogen) atoms. The molecule has 0 radical (unpaired) electrons. The molecule has 0 unspecified atom stereocenters. The molecule has 1 saturated carbocycles. The summed E-state index contributed by atoms with van der Waals surface area (Å²) in [6.07, 6.45) is 1.90. The molecule has 1 aromatic carbocycles. The fraction of sp³-hybridized carbons (Fsp3) is 0.450. The van der Waals surface area contributed by atoms with Crippen LogP contribution >= 0.6 is 0 Å². The molecule has 6 heteroatoms. The van der Waals surface area contributed by atoms with Crippen molar-refractivity contribution in [1.82, 2.24) is 14.7 Å². The van der Waals surface area contributed by atoms with Crippen molar-refractivity contribution in [2.24, 2.45) is 5.92 Å². The monoisotopic (exact) mass is 355 g/mol. The van der Waals surface area contributed by atoms with Crippen LogP contribution in [0.3, 0.4) is 0 Å². The Morgan fingerprint density at radius 2 is 1.92 bits per heavy atom. The van der Waals surface area contributed by atoms with Crippen molar-refractivity contribution >= 4 is 11.9 Å². The standard InChI is InChI=1S/C20H25N3O3/c1-13(20(25)26)11-22(18-8-9-18)19(24)17-6-4-16(5-7-17)12-23-15(3)10-14(2)21-23/h4-7,10,13,18H,8-9,11-12H2,1-3H3,(H,25,26)/t13-/m0/s1. The molecule has 2 aromatic rings. The van der Waals surface area contributed by atoms with Crippen molar-refractivity contribution < 1.29 is 14.7 Å². The number of carboxylic acid groups (broad SMARTS) is 1. The predicted octanol–water partition coefficient (Wildman–Crippen LogP) is 2.87. The first-order valence-electron chi connectivity index (χ1n) is 8.99. The maximum atomic E-state index is 12.8. The van der Waals surface area contributed by atoms with Crippen LogP contribution < -0.4 is 0 Å². The molecule has 1 aromatic heterocycles. The van der Waals surface area contributed by atoms with Crippen LogP contribution in [0, 0.1) is 19.8 Å². The van der Waals surface area contributed by atoms with Crippen LogP contribution in [0.1, 0.15) is 47.1 Å². The fourth-order valence-electron chi connectivity index (χ4n) is 3.08. The van der Waals surface area contributed by atoms with Crippen molar-refractivity contribution in [1.29, 1.82) is 0 Å². The number of aliphatic carboxylic acids is 1. The van der Waals surface area contributed by atoms with Crippen LogP contribution in [-0.4, -0.2) is 44.3 Å². The zero-order valence-electron chi connectivity index (χ0n) is 15.5. The second kappa shape index (κ2) is 7.32. The summed E-state index contributed by atoms with van der Waals surface area (Å²) in [5, 5.41) is 13.6.